The highest BCUT2D eigenvalue weighted by molar-refractivity contribution is 14.1. The van der Waals surface area contributed by atoms with Crippen molar-refractivity contribution >= 4 is 61.2 Å². The van der Waals surface area contributed by atoms with Crippen LogP contribution >= 0.6 is 33.9 Å². The lowest BCUT2D eigenvalue weighted by Crippen LogP contribution is -1.98. The van der Waals surface area contributed by atoms with Crippen LogP contribution in [0.3, 0.4) is 0 Å². The number of halogens is 1. The third-order valence-electron chi connectivity index (χ3n) is 2.68. The Morgan fingerprint density at radius 1 is 1.11 bits per heavy atom. The zero-order valence-electron chi connectivity index (χ0n) is 9.35. The first-order chi connectivity index (χ1) is 8.75. The van der Waals surface area contributed by atoms with Gasteiger partial charge in [-0.15, -0.1) is 11.3 Å². The third-order valence-corrected chi connectivity index (χ3v) is 4.42. The third kappa shape index (κ3) is 2.04. The molecule has 3 nitrogen and oxygen atoms in total. The first-order valence-corrected chi connectivity index (χ1v) is 7.35. The number of benzene rings is 2. The van der Waals surface area contributed by atoms with Gasteiger partial charge in [0.1, 0.15) is 5.52 Å². The molecule has 0 saturated heterocycles. The summed E-state index contributed by atoms with van der Waals surface area (Å²) in [6.07, 6.45) is 0. The molecular weight excluding hydrogens is 357 g/mol. The minimum absolute atomic E-state index is 0.702. The SMILES string of the molecule is Nc1c(Nc2ccccc2I)ccc2scnc12. The number of anilines is 3. The topological polar surface area (TPSA) is 50.9 Å². The maximum Gasteiger partial charge on any atom is 0.106 e. The summed E-state index contributed by atoms with van der Waals surface area (Å²) in [5, 5.41) is 3.35. The highest BCUT2D eigenvalue weighted by Crippen LogP contribution is 2.32. The number of nitrogens with zero attached hydrogens (tertiary/aromatic N) is 1. The Hall–Kier alpha value is -1.34. The number of thiazole rings is 1. The molecule has 3 rings (SSSR count). The minimum Gasteiger partial charge on any atom is -0.395 e. The number of nitrogen functional groups attached to an aromatic ring is 1. The fourth-order valence-electron chi connectivity index (χ4n) is 1.77. The van der Waals surface area contributed by atoms with Crippen LogP contribution in [0.15, 0.2) is 41.9 Å². The van der Waals surface area contributed by atoms with Crippen LogP contribution in [0, 0.1) is 3.57 Å². The summed E-state index contributed by atoms with van der Waals surface area (Å²) in [5.41, 5.74) is 11.5. The van der Waals surface area contributed by atoms with Crippen LogP contribution in [0.25, 0.3) is 10.2 Å². The first-order valence-electron chi connectivity index (χ1n) is 5.39. The number of fused-ring (bicyclic) bond motifs is 1. The molecule has 18 heavy (non-hydrogen) atoms. The highest BCUT2D eigenvalue weighted by atomic mass is 127. The Balaban J connectivity index is 2.05. The Kier molecular flexibility index (Phi) is 3.09. The molecule has 0 aliphatic carbocycles. The van der Waals surface area contributed by atoms with Gasteiger partial charge in [-0.25, -0.2) is 4.98 Å². The predicted octanol–water partition coefficient (Wildman–Crippen LogP) is 4.23. The van der Waals surface area contributed by atoms with Crippen molar-refractivity contribution in [3.8, 4) is 0 Å². The largest absolute Gasteiger partial charge is 0.395 e. The summed E-state index contributed by atoms with van der Waals surface area (Å²) in [7, 11) is 0. The molecule has 90 valence electrons. The molecule has 5 heteroatoms. The fraction of sp³-hybridized carbons (Fsp3) is 0. The zero-order valence-corrected chi connectivity index (χ0v) is 12.3. The van der Waals surface area contributed by atoms with Crippen LogP contribution in [0.2, 0.25) is 0 Å². The van der Waals surface area contributed by atoms with Gasteiger partial charge < -0.3 is 11.1 Å². The van der Waals surface area contributed by atoms with Gasteiger partial charge in [0.25, 0.3) is 0 Å². The molecule has 3 N–H and O–H groups in total. The molecule has 2 aromatic carbocycles. The van der Waals surface area contributed by atoms with E-state index in [9.17, 15) is 0 Å². The van der Waals surface area contributed by atoms with Crippen molar-refractivity contribution < 1.29 is 0 Å². The Labute approximate surface area is 122 Å². The standard InChI is InChI=1S/C13H10IN3S/c14-8-3-1-2-4-9(8)17-10-5-6-11-13(12(10)15)16-7-18-11/h1-7,17H,15H2. The van der Waals surface area contributed by atoms with E-state index in [1.807, 2.05) is 35.8 Å². The molecule has 3 aromatic rings. The van der Waals surface area contributed by atoms with Crippen LogP contribution in [0.1, 0.15) is 0 Å². The normalized spacial score (nSPS) is 10.7. The second kappa shape index (κ2) is 4.74. The number of nitrogens with two attached hydrogens (primary N) is 1. The smallest absolute Gasteiger partial charge is 0.106 e. The molecule has 1 heterocycles. The molecule has 1 aromatic heterocycles. The number of para-hydroxylation sites is 1. The lowest BCUT2D eigenvalue weighted by Gasteiger charge is -2.11. The van der Waals surface area contributed by atoms with Crippen molar-refractivity contribution in [2.24, 2.45) is 0 Å². The average Bonchev–Trinajstić information content (AvgIpc) is 2.84. The molecule has 0 amide bonds. The molecule has 0 radical (unpaired) electrons. The van der Waals surface area contributed by atoms with E-state index < -0.39 is 0 Å². The lowest BCUT2D eigenvalue weighted by molar-refractivity contribution is 1.48. The number of hydrogen-bond donors (Lipinski definition) is 2. The molecule has 0 aliphatic heterocycles. The van der Waals surface area contributed by atoms with Gasteiger partial charge in [-0.3, -0.25) is 0 Å². The van der Waals surface area contributed by atoms with E-state index in [0.717, 1.165) is 25.2 Å². The average molecular weight is 367 g/mol. The number of rotatable bonds is 2. The summed E-state index contributed by atoms with van der Waals surface area (Å²) < 4.78 is 2.27. The monoisotopic (exact) mass is 367 g/mol. The van der Waals surface area contributed by atoms with Crippen molar-refractivity contribution in [3.63, 3.8) is 0 Å². The van der Waals surface area contributed by atoms with Crippen molar-refractivity contribution in [3.05, 3.63) is 45.5 Å². The van der Waals surface area contributed by atoms with Crippen LogP contribution in [0.5, 0.6) is 0 Å². The van der Waals surface area contributed by atoms with Gasteiger partial charge in [-0.05, 0) is 46.9 Å². The molecular formula is C13H10IN3S. The van der Waals surface area contributed by atoms with Gasteiger partial charge in [0.2, 0.25) is 0 Å². The van der Waals surface area contributed by atoms with Crippen LogP contribution in [-0.4, -0.2) is 4.98 Å². The van der Waals surface area contributed by atoms with E-state index in [4.69, 9.17) is 5.73 Å². The molecule has 0 aliphatic rings. The maximum absolute atomic E-state index is 6.14. The predicted molar refractivity (Wildman–Crippen MR) is 86.5 cm³/mol. The van der Waals surface area contributed by atoms with Crippen molar-refractivity contribution in [1.29, 1.82) is 0 Å². The molecule has 0 bridgehead atoms. The van der Waals surface area contributed by atoms with Crippen LogP contribution in [-0.2, 0) is 0 Å². The summed E-state index contributed by atoms with van der Waals surface area (Å²) in [4.78, 5) is 4.29. The highest BCUT2D eigenvalue weighted by Gasteiger charge is 2.07. The van der Waals surface area contributed by atoms with Gasteiger partial charge in [0.05, 0.1) is 27.3 Å². The quantitative estimate of drug-likeness (QED) is 0.527. The van der Waals surface area contributed by atoms with Crippen LogP contribution < -0.4 is 11.1 Å². The minimum atomic E-state index is 0.702. The zero-order chi connectivity index (χ0) is 12.5. The summed E-state index contributed by atoms with van der Waals surface area (Å²) in [6, 6.07) is 12.1. The molecule has 0 spiro atoms. The Morgan fingerprint density at radius 2 is 1.94 bits per heavy atom. The maximum atomic E-state index is 6.14. The van der Waals surface area contributed by atoms with Gasteiger partial charge >= 0.3 is 0 Å². The molecule has 0 atom stereocenters. The van der Waals surface area contributed by atoms with Gasteiger partial charge in [-0.2, -0.15) is 0 Å². The van der Waals surface area contributed by atoms with E-state index in [1.54, 1.807) is 11.3 Å². The van der Waals surface area contributed by atoms with Crippen LogP contribution in [0.4, 0.5) is 17.1 Å². The Morgan fingerprint density at radius 3 is 2.78 bits per heavy atom. The fourth-order valence-corrected chi connectivity index (χ4v) is 2.98. The number of hydrogen-bond acceptors (Lipinski definition) is 4. The molecule has 0 unspecified atom stereocenters. The summed E-state index contributed by atoms with van der Waals surface area (Å²) >= 11 is 3.90. The van der Waals surface area contributed by atoms with E-state index in [0.29, 0.717) is 5.69 Å². The van der Waals surface area contributed by atoms with Gasteiger partial charge in [-0.1, -0.05) is 12.1 Å². The second-order valence-corrected chi connectivity index (χ2v) is 5.88. The summed E-state index contributed by atoms with van der Waals surface area (Å²) in [5.74, 6) is 0. The lowest BCUT2D eigenvalue weighted by atomic mass is 10.2. The Bertz CT molecular complexity index is 708. The van der Waals surface area contributed by atoms with E-state index in [2.05, 4.69) is 39.0 Å². The molecule has 0 saturated carbocycles. The summed E-state index contributed by atoms with van der Waals surface area (Å²) in [6.45, 7) is 0. The number of nitrogens with one attached hydrogen (secondary N) is 1. The number of aromatic nitrogens is 1. The molecule has 0 fully saturated rings. The van der Waals surface area contributed by atoms with E-state index in [-0.39, 0.29) is 0 Å². The van der Waals surface area contributed by atoms with Crippen molar-refractivity contribution in [2.75, 3.05) is 11.1 Å². The second-order valence-electron chi connectivity index (χ2n) is 3.83. The first kappa shape index (κ1) is 11.7. The van der Waals surface area contributed by atoms with Gasteiger partial charge in [0.15, 0.2) is 0 Å². The van der Waals surface area contributed by atoms with Gasteiger partial charge in [0, 0.05) is 3.57 Å². The van der Waals surface area contributed by atoms with E-state index in [1.165, 1.54) is 0 Å². The van der Waals surface area contributed by atoms with E-state index >= 15 is 0 Å². The van der Waals surface area contributed by atoms with Crippen molar-refractivity contribution in [2.45, 2.75) is 0 Å². The van der Waals surface area contributed by atoms with Crippen molar-refractivity contribution in [1.82, 2.24) is 4.98 Å².